The monoisotopic (exact) mass is 390 g/mol. The van der Waals surface area contributed by atoms with Gasteiger partial charge in [0.1, 0.15) is 0 Å². The number of aromatic nitrogens is 2. The molecule has 1 aromatic heterocycles. The molecule has 1 aromatic carbocycles. The highest BCUT2D eigenvalue weighted by Crippen LogP contribution is 2.14. The van der Waals surface area contributed by atoms with Gasteiger partial charge in [-0.3, -0.25) is 4.90 Å². The summed E-state index contributed by atoms with van der Waals surface area (Å²) in [6, 6.07) is 9.42. The van der Waals surface area contributed by atoms with Gasteiger partial charge < -0.3 is 4.52 Å². The molecule has 0 radical (unpaired) electrons. The smallest absolute Gasteiger partial charge is 0.240 e. The molecule has 0 bridgehead atoms. The van der Waals surface area contributed by atoms with E-state index in [9.17, 15) is 8.42 Å². The van der Waals surface area contributed by atoms with Gasteiger partial charge in [-0.2, -0.15) is 9.29 Å². The fourth-order valence-corrected chi connectivity index (χ4v) is 4.12. The molecule has 146 valence electrons. The molecule has 1 aliphatic heterocycles. The van der Waals surface area contributed by atoms with E-state index in [1.165, 1.54) is 9.71 Å². The van der Waals surface area contributed by atoms with Gasteiger partial charge in [0, 0.05) is 38.0 Å². The maximum atomic E-state index is 12.5. The number of piperazine rings is 1. The van der Waals surface area contributed by atoms with E-state index in [1.54, 1.807) is 6.08 Å². The average molecular weight is 391 g/mol. The minimum atomic E-state index is -3.41. The Morgan fingerprint density at radius 1 is 1.15 bits per heavy atom. The Hall–Kier alpha value is -2.03. The van der Waals surface area contributed by atoms with Crippen LogP contribution in [-0.2, 0) is 23.0 Å². The van der Waals surface area contributed by atoms with Crippen molar-refractivity contribution in [2.75, 3.05) is 26.2 Å². The van der Waals surface area contributed by atoms with Crippen molar-refractivity contribution < 1.29 is 12.9 Å². The first-order valence-electron chi connectivity index (χ1n) is 9.19. The molecule has 0 unspecified atom stereocenters. The summed E-state index contributed by atoms with van der Waals surface area (Å²) >= 11 is 0. The number of sulfonamides is 1. The maximum Gasteiger partial charge on any atom is 0.240 e. The third-order valence-corrected chi connectivity index (χ3v) is 5.95. The second kappa shape index (κ2) is 8.77. The third kappa shape index (κ3) is 5.72. The van der Waals surface area contributed by atoms with Crippen molar-refractivity contribution in [3.05, 3.63) is 53.0 Å². The summed E-state index contributed by atoms with van der Waals surface area (Å²) in [4.78, 5) is 6.55. The van der Waals surface area contributed by atoms with Crippen LogP contribution in [0.4, 0.5) is 0 Å². The Bertz CT molecular complexity index is 854. The summed E-state index contributed by atoms with van der Waals surface area (Å²) in [5.41, 5.74) is 0.869. The summed E-state index contributed by atoms with van der Waals surface area (Å²) in [6.07, 6.45) is 2.43. The van der Waals surface area contributed by atoms with Crippen LogP contribution in [0.2, 0.25) is 0 Å². The van der Waals surface area contributed by atoms with Crippen molar-refractivity contribution in [2.24, 2.45) is 5.92 Å². The summed E-state index contributed by atoms with van der Waals surface area (Å²) in [5.74, 6) is 1.80. The van der Waals surface area contributed by atoms with E-state index in [-0.39, 0.29) is 0 Å². The lowest BCUT2D eigenvalue weighted by Crippen LogP contribution is -2.47. The number of nitrogens with zero attached hydrogens (tertiary/aromatic N) is 4. The first kappa shape index (κ1) is 19.7. The van der Waals surface area contributed by atoms with Crippen LogP contribution >= 0.6 is 0 Å². The predicted octanol–water partition coefficient (Wildman–Crippen LogP) is 2.39. The van der Waals surface area contributed by atoms with Gasteiger partial charge in [-0.15, -0.1) is 0 Å². The zero-order chi connectivity index (χ0) is 19.3. The molecule has 7 nitrogen and oxygen atoms in total. The fraction of sp³-hybridized carbons (Fsp3) is 0.474. The normalized spacial score (nSPS) is 17.1. The topological polar surface area (TPSA) is 79.5 Å². The quantitative estimate of drug-likeness (QED) is 0.722. The molecule has 0 N–H and O–H groups in total. The van der Waals surface area contributed by atoms with E-state index in [2.05, 4.69) is 28.9 Å². The highest BCUT2D eigenvalue weighted by Gasteiger charge is 2.26. The Morgan fingerprint density at radius 2 is 1.85 bits per heavy atom. The number of hydrogen-bond donors (Lipinski definition) is 0. The van der Waals surface area contributed by atoms with E-state index in [4.69, 9.17) is 4.52 Å². The second-order valence-corrected chi connectivity index (χ2v) is 8.95. The van der Waals surface area contributed by atoms with E-state index in [1.807, 2.05) is 30.3 Å². The molecule has 0 atom stereocenters. The van der Waals surface area contributed by atoms with E-state index in [0.29, 0.717) is 44.5 Å². The lowest BCUT2D eigenvalue weighted by atomic mass is 10.1. The number of rotatable bonds is 7. The van der Waals surface area contributed by atoms with E-state index >= 15 is 0 Å². The highest BCUT2D eigenvalue weighted by molar-refractivity contribution is 7.92. The van der Waals surface area contributed by atoms with Crippen LogP contribution in [0.3, 0.4) is 0 Å². The summed E-state index contributed by atoms with van der Waals surface area (Å²) < 4.78 is 31.8. The minimum Gasteiger partial charge on any atom is -0.338 e. The standard InChI is InChI=1S/C19H26N4O3S/c1-16(2)14-18-20-19(26-21-18)15-22-9-11-23(12-10-22)27(24,25)13-8-17-6-4-3-5-7-17/h3-8,13,16H,9-12,14-15H2,1-2H3/b13-8+. The highest BCUT2D eigenvalue weighted by atomic mass is 32.2. The van der Waals surface area contributed by atoms with Crippen LogP contribution in [0.5, 0.6) is 0 Å². The molecule has 27 heavy (non-hydrogen) atoms. The van der Waals surface area contributed by atoms with Gasteiger partial charge in [0.15, 0.2) is 5.82 Å². The Kier molecular flexibility index (Phi) is 6.41. The minimum absolute atomic E-state index is 0.453. The second-order valence-electron chi connectivity index (χ2n) is 7.14. The van der Waals surface area contributed by atoms with Gasteiger partial charge in [0.2, 0.25) is 15.9 Å². The van der Waals surface area contributed by atoms with Gasteiger partial charge in [0.25, 0.3) is 0 Å². The van der Waals surface area contributed by atoms with Crippen molar-refractivity contribution in [1.82, 2.24) is 19.3 Å². The molecule has 0 saturated carbocycles. The lowest BCUT2D eigenvalue weighted by molar-refractivity contribution is 0.164. The number of hydrogen-bond acceptors (Lipinski definition) is 6. The van der Waals surface area contributed by atoms with Gasteiger partial charge in [-0.25, -0.2) is 8.42 Å². The lowest BCUT2D eigenvalue weighted by Gasteiger charge is -2.32. The van der Waals surface area contributed by atoms with Gasteiger partial charge in [-0.05, 0) is 17.6 Å². The predicted molar refractivity (Wildman–Crippen MR) is 104 cm³/mol. The molecule has 0 amide bonds. The molecule has 2 aromatic rings. The van der Waals surface area contributed by atoms with Crippen LogP contribution in [0, 0.1) is 5.92 Å². The summed E-state index contributed by atoms with van der Waals surface area (Å²) in [6.45, 7) is 6.96. The van der Waals surface area contributed by atoms with Crippen molar-refractivity contribution >= 4 is 16.1 Å². The summed E-state index contributed by atoms with van der Waals surface area (Å²) in [7, 11) is -3.41. The molecule has 1 saturated heterocycles. The Balaban J connectivity index is 1.52. The molecule has 3 rings (SSSR count). The van der Waals surface area contributed by atoms with Crippen LogP contribution in [0.25, 0.3) is 6.08 Å². The molecule has 2 heterocycles. The summed E-state index contributed by atoms with van der Waals surface area (Å²) in [5, 5.41) is 5.29. The van der Waals surface area contributed by atoms with Crippen molar-refractivity contribution in [2.45, 2.75) is 26.8 Å². The van der Waals surface area contributed by atoms with Crippen molar-refractivity contribution in [3.8, 4) is 0 Å². The van der Waals surface area contributed by atoms with Crippen LogP contribution in [-0.4, -0.2) is 53.9 Å². The molecule has 1 fully saturated rings. The van der Waals surface area contributed by atoms with Crippen LogP contribution < -0.4 is 0 Å². The van der Waals surface area contributed by atoms with Gasteiger partial charge in [0.05, 0.1) is 6.54 Å². The van der Waals surface area contributed by atoms with Gasteiger partial charge in [-0.1, -0.05) is 49.3 Å². The van der Waals surface area contributed by atoms with Gasteiger partial charge >= 0.3 is 0 Å². The number of benzene rings is 1. The van der Waals surface area contributed by atoms with E-state index in [0.717, 1.165) is 17.8 Å². The molecular weight excluding hydrogens is 364 g/mol. The zero-order valence-electron chi connectivity index (χ0n) is 15.8. The molecule has 8 heteroatoms. The fourth-order valence-electron chi connectivity index (χ4n) is 2.95. The largest absolute Gasteiger partial charge is 0.338 e. The Morgan fingerprint density at radius 3 is 2.52 bits per heavy atom. The Labute approximate surface area is 160 Å². The SMILES string of the molecule is CC(C)Cc1noc(CN2CCN(S(=O)(=O)/C=C/c3ccccc3)CC2)n1. The van der Waals surface area contributed by atoms with Crippen molar-refractivity contribution in [3.63, 3.8) is 0 Å². The maximum absolute atomic E-state index is 12.5. The molecule has 1 aliphatic rings. The third-order valence-electron chi connectivity index (χ3n) is 4.38. The first-order valence-corrected chi connectivity index (χ1v) is 10.7. The molecule has 0 aliphatic carbocycles. The molecule has 0 spiro atoms. The average Bonchev–Trinajstić information content (AvgIpc) is 3.07. The van der Waals surface area contributed by atoms with Crippen LogP contribution in [0.1, 0.15) is 31.1 Å². The first-order chi connectivity index (χ1) is 12.9. The van der Waals surface area contributed by atoms with Crippen LogP contribution in [0.15, 0.2) is 40.3 Å². The van der Waals surface area contributed by atoms with Crippen molar-refractivity contribution in [1.29, 1.82) is 0 Å². The molecular formula is C19H26N4O3S. The van der Waals surface area contributed by atoms with E-state index < -0.39 is 10.0 Å². The zero-order valence-corrected chi connectivity index (χ0v) is 16.6.